The lowest BCUT2D eigenvalue weighted by Crippen LogP contribution is -2.26. The van der Waals surface area contributed by atoms with E-state index in [-0.39, 0.29) is 0 Å². The van der Waals surface area contributed by atoms with Crippen LogP contribution in [0.2, 0.25) is 0 Å². The summed E-state index contributed by atoms with van der Waals surface area (Å²) >= 11 is 0. The van der Waals surface area contributed by atoms with Crippen molar-refractivity contribution in [2.75, 3.05) is 0 Å². The van der Waals surface area contributed by atoms with E-state index in [1.807, 2.05) is 13.8 Å². The van der Waals surface area contributed by atoms with Crippen molar-refractivity contribution in [2.45, 2.75) is 66.2 Å². The summed E-state index contributed by atoms with van der Waals surface area (Å²) in [6.45, 7) is 8.00. The van der Waals surface area contributed by atoms with Gasteiger partial charge < -0.3 is 5.11 Å². The van der Waals surface area contributed by atoms with E-state index in [4.69, 9.17) is 5.11 Å². The highest BCUT2D eigenvalue weighted by Crippen LogP contribution is 2.28. The van der Waals surface area contributed by atoms with E-state index < -0.39 is 11.4 Å². The Bertz CT molecular complexity index is 185. The molecule has 0 aromatic carbocycles. The molecular weight excluding hydrogens is 188 g/mol. The molecule has 0 rings (SSSR count). The van der Waals surface area contributed by atoms with Gasteiger partial charge in [-0.05, 0) is 26.2 Å². The summed E-state index contributed by atoms with van der Waals surface area (Å²) in [6, 6.07) is 0. The lowest BCUT2D eigenvalue weighted by molar-refractivity contribution is -0.147. The van der Waals surface area contributed by atoms with Gasteiger partial charge in [0.2, 0.25) is 0 Å². The second-order valence-electron chi connectivity index (χ2n) is 5.35. The van der Waals surface area contributed by atoms with Gasteiger partial charge in [0, 0.05) is 0 Å². The van der Waals surface area contributed by atoms with E-state index in [0.717, 1.165) is 12.8 Å². The third-order valence-electron chi connectivity index (χ3n) is 2.99. The SMILES string of the molecule is CCCCCCC(C)CC(C)(C)C(=O)O. The molecular formula is C13H26O2. The van der Waals surface area contributed by atoms with Crippen LogP contribution in [0.4, 0.5) is 0 Å². The lowest BCUT2D eigenvalue weighted by Gasteiger charge is -2.23. The number of carboxylic acids is 1. The van der Waals surface area contributed by atoms with Crippen LogP contribution < -0.4 is 0 Å². The maximum atomic E-state index is 10.9. The minimum atomic E-state index is -0.678. The lowest BCUT2D eigenvalue weighted by atomic mass is 9.82. The van der Waals surface area contributed by atoms with Crippen LogP contribution in [0.5, 0.6) is 0 Å². The molecule has 0 saturated carbocycles. The van der Waals surface area contributed by atoms with Gasteiger partial charge in [0.25, 0.3) is 0 Å². The Morgan fingerprint density at radius 3 is 2.33 bits per heavy atom. The van der Waals surface area contributed by atoms with Crippen LogP contribution in [-0.2, 0) is 4.79 Å². The fourth-order valence-corrected chi connectivity index (χ4v) is 1.98. The van der Waals surface area contributed by atoms with Gasteiger partial charge in [-0.2, -0.15) is 0 Å². The van der Waals surface area contributed by atoms with Crippen molar-refractivity contribution in [2.24, 2.45) is 11.3 Å². The van der Waals surface area contributed by atoms with Crippen molar-refractivity contribution in [3.63, 3.8) is 0 Å². The Labute approximate surface area is 94.1 Å². The molecule has 0 saturated heterocycles. The molecule has 0 amide bonds. The van der Waals surface area contributed by atoms with Crippen LogP contribution in [0.3, 0.4) is 0 Å². The highest BCUT2D eigenvalue weighted by Gasteiger charge is 2.28. The molecule has 0 aliphatic carbocycles. The van der Waals surface area contributed by atoms with E-state index >= 15 is 0 Å². The summed E-state index contributed by atoms with van der Waals surface area (Å²) in [7, 11) is 0. The van der Waals surface area contributed by atoms with Gasteiger partial charge in [-0.25, -0.2) is 0 Å². The standard InChI is InChI=1S/C13H26O2/c1-5-6-7-8-9-11(2)10-13(3,4)12(14)15/h11H,5-10H2,1-4H3,(H,14,15). The van der Waals surface area contributed by atoms with Crippen LogP contribution in [0, 0.1) is 11.3 Å². The summed E-state index contributed by atoms with van der Waals surface area (Å²) in [5.74, 6) is -0.157. The molecule has 0 bridgehead atoms. The Morgan fingerprint density at radius 2 is 1.87 bits per heavy atom. The number of hydrogen-bond donors (Lipinski definition) is 1. The summed E-state index contributed by atoms with van der Waals surface area (Å²) in [6.07, 6.45) is 7.04. The third-order valence-corrected chi connectivity index (χ3v) is 2.99. The number of hydrogen-bond acceptors (Lipinski definition) is 1. The third kappa shape index (κ3) is 6.53. The highest BCUT2D eigenvalue weighted by atomic mass is 16.4. The molecule has 0 heterocycles. The normalized spacial score (nSPS) is 13.9. The smallest absolute Gasteiger partial charge is 0.309 e. The van der Waals surface area contributed by atoms with Crippen LogP contribution in [0.1, 0.15) is 66.2 Å². The quantitative estimate of drug-likeness (QED) is 0.618. The minimum Gasteiger partial charge on any atom is -0.481 e. The number of unbranched alkanes of at least 4 members (excludes halogenated alkanes) is 3. The Balaban J connectivity index is 3.73. The van der Waals surface area contributed by atoms with Crippen molar-refractivity contribution in [3.8, 4) is 0 Å². The molecule has 0 radical (unpaired) electrons. The maximum absolute atomic E-state index is 10.9. The maximum Gasteiger partial charge on any atom is 0.309 e. The molecule has 0 aromatic heterocycles. The zero-order chi connectivity index (χ0) is 11.9. The topological polar surface area (TPSA) is 37.3 Å². The fourth-order valence-electron chi connectivity index (χ4n) is 1.98. The van der Waals surface area contributed by atoms with E-state index in [2.05, 4.69) is 13.8 Å². The first-order chi connectivity index (χ1) is 6.90. The summed E-state index contributed by atoms with van der Waals surface area (Å²) < 4.78 is 0. The second kappa shape index (κ2) is 6.86. The molecule has 0 fully saturated rings. The first-order valence-electron chi connectivity index (χ1n) is 6.13. The number of carboxylic acid groups (broad SMARTS) is 1. The molecule has 2 heteroatoms. The molecule has 0 aliphatic rings. The van der Waals surface area contributed by atoms with Crippen LogP contribution in [0.25, 0.3) is 0 Å². The van der Waals surface area contributed by atoms with Crippen LogP contribution in [-0.4, -0.2) is 11.1 Å². The zero-order valence-electron chi connectivity index (χ0n) is 10.7. The van der Waals surface area contributed by atoms with Gasteiger partial charge in [-0.15, -0.1) is 0 Å². The predicted molar refractivity (Wildman–Crippen MR) is 64.0 cm³/mol. The van der Waals surface area contributed by atoms with Gasteiger partial charge in [-0.3, -0.25) is 4.79 Å². The number of rotatable bonds is 8. The second-order valence-corrected chi connectivity index (χ2v) is 5.35. The monoisotopic (exact) mass is 214 g/mol. The number of carbonyl (C=O) groups is 1. The van der Waals surface area contributed by atoms with Crippen LogP contribution in [0.15, 0.2) is 0 Å². The summed E-state index contributed by atoms with van der Waals surface area (Å²) in [5, 5.41) is 9.00. The first kappa shape index (κ1) is 14.5. The molecule has 15 heavy (non-hydrogen) atoms. The first-order valence-corrected chi connectivity index (χ1v) is 6.13. The van der Waals surface area contributed by atoms with E-state index in [1.165, 1.54) is 25.7 Å². The molecule has 1 atom stereocenters. The zero-order valence-corrected chi connectivity index (χ0v) is 10.7. The minimum absolute atomic E-state index is 0.521. The summed E-state index contributed by atoms with van der Waals surface area (Å²) in [5.41, 5.74) is -0.565. The van der Waals surface area contributed by atoms with Gasteiger partial charge in [-0.1, -0.05) is 46.0 Å². The molecule has 2 nitrogen and oxygen atoms in total. The predicted octanol–water partition coefficient (Wildman–Crippen LogP) is 4.09. The number of aliphatic carboxylic acids is 1. The van der Waals surface area contributed by atoms with Crippen molar-refractivity contribution in [1.82, 2.24) is 0 Å². The largest absolute Gasteiger partial charge is 0.481 e. The van der Waals surface area contributed by atoms with E-state index in [1.54, 1.807) is 0 Å². The average Bonchev–Trinajstić information content (AvgIpc) is 2.11. The van der Waals surface area contributed by atoms with Gasteiger partial charge in [0.15, 0.2) is 0 Å². The average molecular weight is 214 g/mol. The molecule has 0 spiro atoms. The molecule has 0 aromatic rings. The van der Waals surface area contributed by atoms with Crippen LogP contribution >= 0.6 is 0 Å². The summed E-state index contributed by atoms with van der Waals surface area (Å²) in [4.78, 5) is 10.9. The molecule has 1 N–H and O–H groups in total. The Hall–Kier alpha value is -0.530. The molecule has 90 valence electrons. The van der Waals surface area contributed by atoms with Gasteiger partial charge in [0.1, 0.15) is 0 Å². The molecule has 1 unspecified atom stereocenters. The van der Waals surface area contributed by atoms with Gasteiger partial charge in [0.05, 0.1) is 5.41 Å². The van der Waals surface area contributed by atoms with Crippen molar-refractivity contribution < 1.29 is 9.90 Å². The van der Waals surface area contributed by atoms with Crippen molar-refractivity contribution in [3.05, 3.63) is 0 Å². The molecule has 0 aliphatic heterocycles. The van der Waals surface area contributed by atoms with E-state index in [0.29, 0.717) is 5.92 Å². The Kier molecular flexibility index (Phi) is 6.62. The highest BCUT2D eigenvalue weighted by molar-refractivity contribution is 5.73. The van der Waals surface area contributed by atoms with Crippen molar-refractivity contribution >= 4 is 5.97 Å². The van der Waals surface area contributed by atoms with E-state index in [9.17, 15) is 4.79 Å². The van der Waals surface area contributed by atoms with Crippen molar-refractivity contribution in [1.29, 1.82) is 0 Å². The Morgan fingerprint density at radius 1 is 1.27 bits per heavy atom. The van der Waals surface area contributed by atoms with Gasteiger partial charge >= 0.3 is 5.97 Å². The fraction of sp³-hybridized carbons (Fsp3) is 0.923.